The van der Waals surface area contributed by atoms with Gasteiger partial charge in [0.15, 0.2) is 0 Å². The summed E-state index contributed by atoms with van der Waals surface area (Å²) < 4.78 is 18.5. The molecule has 5 nitrogen and oxygen atoms in total. The van der Waals surface area contributed by atoms with E-state index < -0.39 is 0 Å². The van der Waals surface area contributed by atoms with Gasteiger partial charge in [0.05, 0.1) is 5.69 Å². The van der Waals surface area contributed by atoms with E-state index in [1.165, 1.54) is 29.5 Å². The molecule has 0 unspecified atom stereocenters. The summed E-state index contributed by atoms with van der Waals surface area (Å²) in [4.78, 5) is 8.93. The van der Waals surface area contributed by atoms with Crippen LogP contribution in [0.25, 0.3) is 23.6 Å². The van der Waals surface area contributed by atoms with Crippen molar-refractivity contribution in [2.45, 2.75) is 17.8 Å². The van der Waals surface area contributed by atoms with Crippen molar-refractivity contribution in [2.24, 2.45) is 0 Å². The molecule has 140 valence electrons. The van der Waals surface area contributed by atoms with E-state index in [4.69, 9.17) is 4.42 Å². The van der Waals surface area contributed by atoms with Gasteiger partial charge in [0, 0.05) is 11.3 Å². The second-order valence-corrected chi connectivity index (χ2v) is 7.13. The smallest absolute Gasteiger partial charge is 0.226 e. The van der Waals surface area contributed by atoms with E-state index in [1.54, 1.807) is 24.5 Å². The standard InChI is InChI=1S/C21H17FN4OS/c1-14-2-7-16(8-3-14)20-23-18(12-27-20)13-28-21-24-19(25-26-21)11-6-15-4-9-17(22)10-5-15/h2-12H,13H2,1H3,(H,24,25,26). The van der Waals surface area contributed by atoms with Crippen molar-refractivity contribution in [1.29, 1.82) is 0 Å². The molecule has 0 bridgehead atoms. The van der Waals surface area contributed by atoms with Crippen LogP contribution in [0.1, 0.15) is 22.6 Å². The Morgan fingerprint density at radius 2 is 1.82 bits per heavy atom. The SMILES string of the molecule is Cc1ccc(-c2nc(CSc3n[nH]c(C=Cc4ccc(F)cc4)n3)co2)cc1. The van der Waals surface area contributed by atoms with Gasteiger partial charge in [0.25, 0.3) is 0 Å². The zero-order valence-corrected chi connectivity index (χ0v) is 15.9. The van der Waals surface area contributed by atoms with Crippen molar-refractivity contribution in [2.75, 3.05) is 0 Å². The van der Waals surface area contributed by atoms with Gasteiger partial charge in [0.2, 0.25) is 11.0 Å². The quantitative estimate of drug-likeness (QED) is 0.447. The van der Waals surface area contributed by atoms with Gasteiger partial charge in [-0.3, -0.25) is 5.10 Å². The lowest BCUT2D eigenvalue weighted by molar-refractivity contribution is 0.573. The Labute approximate surface area is 165 Å². The van der Waals surface area contributed by atoms with Gasteiger partial charge in [0.1, 0.15) is 17.9 Å². The van der Waals surface area contributed by atoms with E-state index in [0.717, 1.165) is 16.8 Å². The third-order valence-corrected chi connectivity index (χ3v) is 4.87. The lowest BCUT2D eigenvalue weighted by Crippen LogP contribution is -1.84. The van der Waals surface area contributed by atoms with Crippen LogP contribution in [0.5, 0.6) is 0 Å². The number of aromatic nitrogens is 4. The molecule has 0 saturated heterocycles. The van der Waals surface area contributed by atoms with Crippen LogP contribution in [0, 0.1) is 12.7 Å². The summed E-state index contributed by atoms with van der Waals surface area (Å²) in [5.41, 5.74) is 3.86. The zero-order valence-electron chi connectivity index (χ0n) is 15.1. The van der Waals surface area contributed by atoms with Crippen LogP contribution < -0.4 is 0 Å². The highest BCUT2D eigenvalue weighted by atomic mass is 32.2. The number of nitrogens with one attached hydrogen (secondary N) is 1. The monoisotopic (exact) mass is 392 g/mol. The minimum Gasteiger partial charge on any atom is -0.444 e. The molecular formula is C21H17FN4OS. The molecule has 2 aromatic carbocycles. The molecule has 0 radical (unpaired) electrons. The third kappa shape index (κ3) is 4.55. The fraction of sp³-hybridized carbons (Fsp3) is 0.0952. The van der Waals surface area contributed by atoms with Crippen LogP contribution in [0.3, 0.4) is 0 Å². The van der Waals surface area contributed by atoms with Gasteiger partial charge < -0.3 is 4.42 Å². The Morgan fingerprint density at radius 1 is 1.04 bits per heavy atom. The van der Waals surface area contributed by atoms with Crippen molar-refractivity contribution in [1.82, 2.24) is 20.2 Å². The fourth-order valence-corrected chi connectivity index (χ4v) is 3.17. The second-order valence-electron chi connectivity index (χ2n) is 6.19. The van der Waals surface area contributed by atoms with Gasteiger partial charge in [-0.1, -0.05) is 47.7 Å². The number of aromatic amines is 1. The summed E-state index contributed by atoms with van der Waals surface area (Å²) in [6.07, 6.45) is 5.31. The van der Waals surface area contributed by atoms with Crippen molar-refractivity contribution < 1.29 is 8.81 Å². The minimum atomic E-state index is -0.256. The molecule has 0 saturated carbocycles. The molecule has 0 amide bonds. The van der Waals surface area contributed by atoms with Gasteiger partial charge in [-0.15, -0.1) is 5.10 Å². The topological polar surface area (TPSA) is 67.6 Å². The molecular weight excluding hydrogens is 375 g/mol. The van der Waals surface area contributed by atoms with Crippen LogP contribution in [0.15, 0.2) is 64.4 Å². The number of rotatable bonds is 6. The maximum Gasteiger partial charge on any atom is 0.226 e. The van der Waals surface area contributed by atoms with E-state index in [-0.39, 0.29) is 5.82 Å². The molecule has 4 aromatic rings. The van der Waals surface area contributed by atoms with Gasteiger partial charge >= 0.3 is 0 Å². The Balaban J connectivity index is 1.36. The largest absolute Gasteiger partial charge is 0.444 e. The molecule has 4 rings (SSSR count). The summed E-state index contributed by atoms with van der Waals surface area (Å²) in [6.45, 7) is 2.04. The number of halogens is 1. The molecule has 1 N–H and O–H groups in total. The molecule has 7 heteroatoms. The average Bonchev–Trinajstić information content (AvgIpc) is 3.36. The van der Waals surface area contributed by atoms with Crippen LogP contribution in [-0.4, -0.2) is 20.2 Å². The summed E-state index contributed by atoms with van der Waals surface area (Å²) in [5, 5.41) is 7.69. The second kappa shape index (κ2) is 8.22. The predicted octanol–water partition coefficient (Wildman–Crippen LogP) is 5.37. The first-order valence-electron chi connectivity index (χ1n) is 8.66. The third-order valence-electron chi connectivity index (χ3n) is 3.99. The Hall–Kier alpha value is -3.19. The first-order valence-corrected chi connectivity index (χ1v) is 9.64. The number of hydrogen-bond donors (Lipinski definition) is 1. The van der Waals surface area contributed by atoms with E-state index in [0.29, 0.717) is 22.6 Å². The molecule has 0 aliphatic rings. The summed E-state index contributed by atoms with van der Waals surface area (Å²) in [5.74, 6) is 1.59. The van der Waals surface area contributed by atoms with Crippen molar-refractivity contribution in [3.63, 3.8) is 0 Å². The van der Waals surface area contributed by atoms with E-state index in [9.17, 15) is 4.39 Å². The maximum atomic E-state index is 12.9. The highest BCUT2D eigenvalue weighted by molar-refractivity contribution is 7.98. The van der Waals surface area contributed by atoms with Gasteiger partial charge in [-0.25, -0.2) is 14.4 Å². The number of H-pyrrole nitrogens is 1. The number of aryl methyl sites for hydroxylation is 1. The predicted molar refractivity (Wildman–Crippen MR) is 108 cm³/mol. The fourth-order valence-electron chi connectivity index (χ4n) is 2.49. The summed E-state index contributed by atoms with van der Waals surface area (Å²) >= 11 is 1.47. The summed E-state index contributed by atoms with van der Waals surface area (Å²) in [7, 11) is 0. The Morgan fingerprint density at radius 3 is 2.61 bits per heavy atom. The van der Waals surface area contributed by atoms with Crippen LogP contribution >= 0.6 is 11.8 Å². The maximum absolute atomic E-state index is 12.9. The Bertz CT molecular complexity index is 1080. The number of hydrogen-bond acceptors (Lipinski definition) is 5. The molecule has 0 spiro atoms. The first-order chi connectivity index (χ1) is 13.7. The number of thioether (sulfide) groups is 1. The van der Waals surface area contributed by atoms with Crippen LogP contribution in [0.2, 0.25) is 0 Å². The lowest BCUT2D eigenvalue weighted by atomic mass is 10.1. The summed E-state index contributed by atoms with van der Waals surface area (Å²) in [6, 6.07) is 14.3. The lowest BCUT2D eigenvalue weighted by Gasteiger charge is -1.95. The normalized spacial score (nSPS) is 11.4. The van der Waals surface area contributed by atoms with Crippen LogP contribution in [-0.2, 0) is 5.75 Å². The molecule has 0 aliphatic heterocycles. The first kappa shape index (κ1) is 18.2. The average molecular weight is 392 g/mol. The molecule has 0 fully saturated rings. The highest BCUT2D eigenvalue weighted by Gasteiger charge is 2.09. The number of nitrogens with zero attached hydrogens (tertiary/aromatic N) is 3. The molecule has 0 aliphatic carbocycles. The van der Waals surface area contributed by atoms with Gasteiger partial charge in [-0.2, -0.15) is 0 Å². The molecule has 28 heavy (non-hydrogen) atoms. The molecule has 0 atom stereocenters. The Kier molecular flexibility index (Phi) is 5.34. The van der Waals surface area contributed by atoms with Crippen molar-refractivity contribution in [3.05, 3.63) is 83.3 Å². The molecule has 2 aromatic heterocycles. The van der Waals surface area contributed by atoms with E-state index >= 15 is 0 Å². The van der Waals surface area contributed by atoms with Crippen LogP contribution in [0.4, 0.5) is 4.39 Å². The van der Waals surface area contributed by atoms with E-state index in [1.807, 2.05) is 37.3 Å². The van der Waals surface area contributed by atoms with Crippen molar-refractivity contribution >= 4 is 23.9 Å². The van der Waals surface area contributed by atoms with Gasteiger partial charge in [-0.05, 0) is 42.8 Å². The molecule has 2 heterocycles. The number of oxazole rings is 1. The van der Waals surface area contributed by atoms with Crippen molar-refractivity contribution in [3.8, 4) is 11.5 Å². The zero-order chi connectivity index (χ0) is 19.3. The van der Waals surface area contributed by atoms with E-state index in [2.05, 4.69) is 20.2 Å². The minimum absolute atomic E-state index is 0.256. The highest BCUT2D eigenvalue weighted by Crippen LogP contribution is 2.23. The number of benzene rings is 2.